The van der Waals surface area contributed by atoms with Crippen LogP contribution in [0.1, 0.15) is 18.9 Å². The van der Waals surface area contributed by atoms with E-state index in [-0.39, 0.29) is 5.75 Å². The number of sulfone groups is 1. The summed E-state index contributed by atoms with van der Waals surface area (Å²) in [5, 5.41) is 8.82. The van der Waals surface area contributed by atoms with Crippen LogP contribution in [-0.2, 0) is 25.8 Å². The van der Waals surface area contributed by atoms with Crippen molar-refractivity contribution in [2.45, 2.75) is 25.8 Å². The van der Waals surface area contributed by atoms with Crippen LogP contribution < -0.4 is 0 Å². The lowest BCUT2D eigenvalue weighted by Gasteiger charge is -2.21. The first kappa shape index (κ1) is 18.2. The molecule has 1 rings (SSSR count). The van der Waals surface area contributed by atoms with E-state index in [2.05, 4.69) is 0 Å². The minimum absolute atomic E-state index is 0.0943. The highest BCUT2D eigenvalue weighted by molar-refractivity contribution is 7.92. The first-order chi connectivity index (χ1) is 10.2. The van der Waals surface area contributed by atoms with Gasteiger partial charge in [-0.1, -0.05) is 30.3 Å². The maximum atomic E-state index is 11.9. The molecule has 1 N–H and O–H groups in total. The number of aliphatic carboxylic acids is 1. The normalized spacial score (nSPS) is 12.6. The number of likely N-dealkylation sites (N-methyl/N-ethyl adjacent to an activating group) is 1. The van der Waals surface area contributed by atoms with Crippen LogP contribution in [0, 0.1) is 0 Å². The summed E-state index contributed by atoms with van der Waals surface area (Å²) in [6, 6.07) is 8.44. The Morgan fingerprint density at radius 3 is 2.36 bits per heavy atom. The van der Waals surface area contributed by atoms with E-state index >= 15 is 0 Å². The molecule has 0 aliphatic heterocycles. The van der Waals surface area contributed by atoms with Gasteiger partial charge in [-0.05, 0) is 25.3 Å². The maximum Gasteiger partial charge on any atom is 0.326 e. The van der Waals surface area contributed by atoms with E-state index in [1.807, 2.05) is 30.3 Å². The summed E-state index contributed by atoms with van der Waals surface area (Å²) in [7, 11) is -2.25. The minimum Gasteiger partial charge on any atom is -0.480 e. The van der Waals surface area contributed by atoms with Gasteiger partial charge >= 0.3 is 5.97 Å². The summed E-state index contributed by atoms with van der Waals surface area (Å²) in [5.41, 5.74) is 1.04. The Hall–Kier alpha value is -1.89. The third kappa shape index (κ3) is 5.85. The Balaban J connectivity index is 2.49. The molecule has 1 atom stereocenters. The Bertz CT molecular complexity index is 612. The molecule has 0 saturated heterocycles. The maximum absolute atomic E-state index is 11.9. The number of nitrogens with zero attached hydrogens (tertiary/aromatic N) is 1. The van der Waals surface area contributed by atoms with Crippen LogP contribution in [0.25, 0.3) is 0 Å². The molecule has 0 saturated carbocycles. The Morgan fingerprint density at radius 2 is 1.82 bits per heavy atom. The predicted molar refractivity (Wildman–Crippen MR) is 83.3 cm³/mol. The lowest BCUT2D eigenvalue weighted by molar-refractivity contribution is -0.147. The van der Waals surface area contributed by atoms with Crippen LogP contribution >= 0.6 is 0 Å². The van der Waals surface area contributed by atoms with E-state index < -0.39 is 33.5 Å². The van der Waals surface area contributed by atoms with Gasteiger partial charge in [0.05, 0.1) is 5.75 Å². The smallest absolute Gasteiger partial charge is 0.326 e. The zero-order chi connectivity index (χ0) is 16.8. The van der Waals surface area contributed by atoms with Crippen molar-refractivity contribution < 1.29 is 23.1 Å². The van der Waals surface area contributed by atoms with E-state index in [0.29, 0.717) is 12.8 Å². The van der Waals surface area contributed by atoms with Gasteiger partial charge in [0.1, 0.15) is 11.8 Å². The van der Waals surface area contributed by atoms with Crippen molar-refractivity contribution in [3.05, 3.63) is 35.9 Å². The van der Waals surface area contributed by atoms with E-state index in [0.717, 1.165) is 10.5 Å². The zero-order valence-corrected chi connectivity index (χ0v) is 13.5. The molecule has 0 radical (unpaired) electrons. The molecule has 1 unspecified atom stereocenters. The van der Waals surface area contributed by atoms with Crippen LogP contribution in [0.3, 0.4) is 0 Å². The van der Waals surface area contributed by atoms with Gasteiger partial charge in [-0.2, -0.15) is 0 Å². The van der Waals surface area contributed by atoms with Crippen molar-refractivity contribution in [3.8, 4) is 0 Å². The first-order valence-corrected chi connectivity index (χ1v) is 8.78. The van der Waals surface area contributed by atoms with Gasteiger partial charge in [-0.25, -0.2) is 13.2 Å². The fraction of sp³-hybridized carbons (Fsp3) is 0.467. The highest BCUT2D eigenvalue weighted by Gasteiger charge is 2.25. The number of benzene rings is 1. The molecule has 22 heavy (non-hydrogen) atoms. The fourth-order valence-electron chi connectivity index (χ4n) is 1.88. The van der Waals surface area contributed by atoms with Crippen molar-refractivity contribution in [1.29, 1.82) is 0 Å². The lowest BCUT2D eigenvalue weighted by Crippen LogP contribution is -2.43. The molecular weight excluding hydrogens is 306 g/mol. The summed E-state index contributed by atoms with van der Waals surface area (Å²) in [5.74, 6) is -2.62. The number of carboxylic acid groups (broad SMARTS) is 1. The highest BCUT2D eigenvalue weighted by atomic mass is 32.2. The van der Waals surface area contributed by atoms with Crippen LogP contribution in [0.2, 0.25) is 0 Å². The Morgan fingerprint density at radius 1 is 1.23 bits per heavy atom. The van der Waals surface area contributed by atoms with E-state index in [9.17, 15) is 18.0 Å². The molecule has 0 fully saturated rings. The summed E-state index contributed by atoms with van der Waals surface area (Å²) < 4.78 is 23.9. The minimum atomic E-state index is -3.54. The average Bonchev–Trinajstić information content (AvgIpc) is 2.45. The molecule has 7 heteroatoms. The van der Waals surface area contributed by atoms with E-state index in [4.69, 9.17) is 5.11 Å². The molecular formula is C15H21NO5S. The van der Waals surface area contributed by atoms with Crippen LogP contribution in [0.4, 0.5) is 0 Å². The molecule has 6 nitrogen and oxygen atoms in total. The Kier molecular flexibility index (Phi) is 6.55. The SMILES string of the molecule is CC(C(=O)O)N(C)C(=O)CS(=O)(=O)CCCc1ccccc1. The molecule has 1 amide bonds. The first-order valence-electron chi connectivity index (χ1n) is 6.96. The van der Waals surface area contributed by atoms with Gasteiger partial charge in [0.2, 0.25) is 5.91 Å². The Labute approximate surface area is 130 Å². The molecule has 122 valence electrons. The van der Waals surface area contributed by atoms with E-state index in [1.165, 1.54) is 14.0 Å². The third-order valence-corrected chi connectivity index (χ3v) is 5.04. The molecule has 0 bridgehead atoms. The molecule has 0 aliphatic carbocycles. The van der Waals surface area contributed by atoms with Crippen molar-refractivity contribution >= 4 is 21.7 Å². The quantitative estimate of drug-likeness (QED) is 0.768. The monoisotopic (exact) mass is 327 g/mol. The molecule has 0 spiro atoms. The number of amides is 1. The largest absolute Gasteiger partial charge is 0.480 e. The summed E-state index contributed by atoms with van der Waals surface area (Å²) in [6.45, 7) is 1.34. The van der Waals surface area contributed by atoms with Gasteiger partial charge in [0.15, 0.2) is 9.84 Å². The average molecular weight is 327 g/mol. The van der Waals surface area contributed by atoms with Crippen molar-refractivity contribution in [3.63, 3.8) is 0 Å². The number of carboxylic acids is 1. The van der Waals surface area contributed by atoms with Crippen LogP contribution in [0.15, 0.2) is 30.3 Å². The van der Waals surface area contributed by atoms with Gasteiger partial charge in [-0.3, -0.25) is 4.79 Å². The topological polar surface area (TPSA) is 91.8 Å². The third-order valence-electron chi connectivity index (χ3n) is 3.44. The van der Waals surface area contributed by atoms with Crippen molar-refractivity contribution in [2.75, 3.05) is 18.6 Å². The molecule has 0 heterocycles. The molecule has 1 aromatic rings. The number of hydrogen-bond donors (Lipinski definition) is 1. The van der Waals surface area contributed by atoms with Gasteiger partial charge in [0.25, 0.3) is 0 Å². The number of hydrogen-bond acceptors (Lipinski definition) is 4. The predicted octanol–water partition coefficient (Wildman–Crippen LogP) is 0.966. The second-order valence-corrected chi connectivity index (χ2v) is 7.38. The molecule has 0 aromatic heterocycles. The summed E-state index contributed by atoms with van der Waals surface area (Å²) in [4.78, 5) is 23.6. The van der Waals surface area contributed by atoms with Crippen LogP contribution in [0.5, 0.6) is 0 Å². The van der Waals surface area contributed by atoms with Crippen LogP contribution in [-0.4, -0.2) is 54.9 Å². The molecule has 1 aromatic carbocycles. The lowest BCUT2D eigenvalue weighted by atomic mass is 10.1. The summed E-state index contributed by atoms with van der Waals surface area (Å²) >= 11 is 0. The van der Waals surface area contributed by atoms with Gasteiger partial charge < -0.3 is 10.0 Å². The number of carbonyl (C=O) groups is 2. The van der Waals surface area contributed by atoms with Gasteiger partial charge in [0, 0.05) is 7.05 Å². The highest BCUT2D eigenvalue weighted by Crippen LogP contribution is 2.06. The molecule has 0 aliphatic rings. The number of rotatable bonds is 8. The second kappa shape index (κ2) is 7.93. The summed E-state index contributed by atoms with van der Waals surface area (Å²) in [6.07, 6.45) is 1.05. The number of aryl methyl sites for hydroxylation is 1. The van der Waals surface area contributed by atoms with Crippen molar-refractivity contribution in [1.82, 2.24) is 4.90 Å². The zero-order valence-electron chi connectivity index (χ0n) is 12.7. The van der Waals surface area contributed by atoms with Crippen molar-refractivity contribution in [2.24, 2.45) is 0 Å². The van der Waals surface area contributed by atoms with Gasteiger partial charge in [-0.15, -0.1) is 0 Å². The van der Waals surface area contributed by atoms with E-state index in [1.54, 1.807) is 0 Å². The second-order valence-electron chi connectivity index (χ2n) is 5.20. The standard InChI is InChI=1S/C15H21NO5S/c1-12(15(18)19)16(2)14(17)11-22(20,21)10-6-9-13-7-4-3-5-8-13/h3-5,7-8,12H,6,9-11H2,1-2H3,(H,18,19). The number of carbonyl (C=O) groups excluding carboxylic acids is 1. The fourth-order valence-corrected chi connectivity index (χ4v) is 3.19.